The molecule has 2 saturated heterocycles. The van der Waals surface area contributed by atoms with Gasteiger partial charge in [0.2, 0.25) is 5.82 Å². The number of nitrogens with two attached hydrogens (primary N) is 1. The van der Waals surface area contributed by atoms with Crippen molar-refractivity contribution in [1.29, 1.82) is 0 Å². The van der Waals surface area contributed by atoms with Gasteiger partial charge < -0.3 is 10.5 Å². The van der Waals surface area contributed by atoms with E-state index < -0.39 is 5.91 Å². The molecule has 1 amide bonds. The molecular weight excluding hydrogens is 270 g/mol. The fourth-order valence-electron chi connectivity index (χ4n) is 3.22. The highest BCUT2D eigenvalue weighted by atomic mass is 16.5. The summed E-state index contributed by atoms with van der Waals surface area (Å²) in [6.07, 6.45) is 7.80. The van der Waals surface area contributed by atoms with Gasteiger partial charge >= 0.3 is 0 Å². The molecule has 3 rings (SSSR count). The number of hydrogen-bond donors (Lipinski definition) is 1. The van der Waals surface area contributed by atoms with Crippen molar-refractivity contribution in [1.82, 2.24) is 19.7 Å². The Hall–Kier alpha value is -1.47. The molecule has 2 N–H and O–H groups in total. The van der Waals surface area contributed by atoms with Gasteiger partial charge in [-0.15, -0.1) is 5.10 Å². The van der Waals surface area contributed by atoms with Crippen molar-refractivity contribution in [3.63, 3.8) is 0 Å². The van der Waals surface area contributed by atoms with Crippen molar-refractivity contribution in [3.05, 3.63) is 12.2 Å². The van der Waals surface area contributed by atoms with Gasteiger partial charge in [-0.05, 0) is 38.6 Å². The molecular formula is C14H23N5O2. The molecule has 0 aliphatic carbocycles. The number of likely N-dealkylation sites (tertiary alicyclic amines) is 1. The number of piperidine rings is 1. The van der Waals surface area contributed by atoms with Crippen LogP contribution in [0, 0.1) is 0 Å². The largest absolute Gasteiger partial charge is 0.377 e. The topological polar surface area (TPSA) is 86.3 Å². The van der Waals surface area contributed by atoms with Crippen LogP contribution in [0.25, 0.3) is 0 Å². The van der Waals surface area contributed by atoms with Gasteiger partial charge in [0.05, 0.1) is 12.1 Å². The molecule has 0 spiro atoms. The number of nitrogens with zero attached hydrogens (tertiary/aromatic N) is 4. The third kappa shape index (κ3) is 3.59. The van der Waals surface area contributed by atoms with E-state index in [1.165, 1.54) is 12.8 Å². The lowest BCUT2D eigenvalue weighted by Gasteiger charge is -2.35. The minimum Gasteiger partial charge on any atom is -0.377 e. The van der Waals surface area contributed by atoms with Gasteiger partial charge in [-0.3, -0.25) is 9.69 Å². The van der Waals surface area contributed by atoms with Gasteiger partial charge in [0.1, 0.15) is 6.33 Å². The van der Waals surface area contributed by atoms with Gasteiger partial charge in [-0.2, -0.15) is 0 Å². The van der Waals surface area contributed by atoms with E-state index in [0.717, 1.165) is 45.5 Å². The molecule has 2 aliphatic rings. The molecule has 1 aromatic rings. The van der Waals surface area contributed by atoms with E-state index in [2.05, 4.69) is 15.0 Å². The van der Waals surface area contributed by atoms with Gasteiger partial charge in [-0.25, -0.2) is 9.67 Å². The molecule has 0 saturated carbocycles. The van der Waals surface area contributed by atoms with E-state index in [9.17, 15) is 4.79 Å². The van der Waals surface area contributed by atoms with Crippen LogP contribution in [0.3, 0.4) is 0 Å². The summed E-state index contributed by atoms with van der Waals surface area (Å²) in [6, 6.07) is 0.267. The predicted octanol–water partition coefficient (Wildman–Crippen LogP) is 0.583. The second-order valence-corrected chi connectivity index (χ2v) is 5.96. The third-order valence-electron chi connectivity index (χ3n) is 4.32. The van der Waals surface area contributed by atoms with Crippen molar-refractivity contribution in [2.24, 2.45) is 5.73 Å². The molecule has 116 valence electrons. The number of primary amides is 1. The summed E-state index contributed by atoms with van der Waals surface area (Å²) in [7, 11) is 0. The minimum absolute atomic E-state index is 0.0998. The molecule has 7 heteroatoms. The summed E-state index contributed by atoms with van der Waals surface area (Å²) < 4.78 is 7.61. The van der Waals surface area contributed by atoms with Gasteiger partial charge in [0, 0.05) is 19.7 Å². The lowest BCUT2D eigenvalue weighted by Crippen LogP contribution is -2.42. The molecule has 1 aromatic heterocycles. The molecule has 2 fully saturated rings. The summed E-state index contributed by atoms with van der Waals surface area (Å²) in [5.74, 6) is -0.472. The number of carbonyl (C=O) groups is 1. The molecule has 7 nitrogen and oxygen atoms in total. The molecule has 0 radical (unpaired) electrons. The van der Waals surface area contributed by atoms with Crippen LogP contribution in [-0.2, 0) is 4.74 Å². The summed E-state index contributed by atoms with van der Waals surface area (Å²) >= 11 is 0. The number of carbonyl (C=O) groups excluding carboxylic acids is 1. The van der Waals surface area contributed by atoms with E-state index in [1.54, 1.807) is 11.0 Å². The van der Waals surface area contributed by atoms with Gasteiger partial charge in [-0.1, -0.05) is 0 Å². The first-order valence-electron chi connectivity index (χ1n) is 7.77. The van der Waals surface area contributed by atoms with E-state index in [1.807, 2.05) is 0 Å². The maximum absolute atomic E-state index is 11.1. The molecule has 2 atom stereocenters. The Labute approximate surface area is 124 Å². The highest BCUT2D eigenvalue weighted by Crippen LogP contribution is 2.22. The zero-order valence-corrected chi connectivity index (χ0v) is 12.3. The van der Waals surface area contributed by atoms with Crippen molar-refractivity contribution in [3.8, 4) is 0 Å². The lowest BCUT2D eigenvalue weighted by atomic mass is 10.0. The normalized spacial score (nSPS) is 27.6. The number of ether oxygens (including phenoxy) is 1. The van der Waals surface area contributed by atoms with Crippen LogP contribution in [0.15, 0.2) is 6.33 Å². The first-order valence-corrected chi connectivity index (χ1v) is 7.77. The van der Waals surface area contributed by atoms with E-state index in [-0.39, 0.29) is 11.9 Å². The van der Waals surface area contributed by atoms with Crippen molar-refractivity contribution >= 4 is 5.91 Å². The number of amides is 1. The van der Waals surface area contributed by atoms with Gasteiger partial charge in [0.25, 0.3) is 5.91 Å². The average Bonchev–Trinajstić information content (AvgIpc) is 2.99. The standard InChI is InChI=1S/C14H23N5O2/c15-13(20)14-16-10-19(17-14)11-4-3-6-18(8-11)9-12-5-1-2-7-21-12/h10-12H,1-9H2,(H2,15,20)/t11-,12-/m0/s1. The van der Waals surface area contributed by atoms with Crippen molar-refractivity contribution in [2.45, 2.75) is 44.2 Å². The SMILES string of the molecule is NC(=O)c1ncn([C@H]2CCCN(C[C@@H]3CCCCO3)C2)n1. The summed E-state index contributed by atoms with van der Waals surface area (Å²) in [4.78, 5) is 17.5. The monoisotopic (exact) mass is 293 g/mol. The van der Waals surface area contributed by atoms with Crippen LogP contribution in [0.4, 0.5) is 0 Å². The van der Waals surface area contributed by atoms with Crippen LogP contribution in [0.5, 0.6) is 0 Å². The van der Waals surface area contributed by atoms with Gasteiger partial charge in [0.15, 0.2) is 0 Å². The molecule has 2 aliphatic heterocycles. The highest BCUT2D eigenvalue weighted by molar-refractivity contribution is 5.88. The van der Waals surface area contributed by atoms with E-state index >= 15 is 0 Å². The Morgan fingerprint density at radius 1 is 1.38 bits per heavy atom. The first-order chi connectivity index (χ1) is 10.2. The lowest BCUT2D eigenvalue weighted by molar-refractivity contribution is -0.0125. The Morgan fingerprint density at radius 3 is 3.00 bits per heavy atom. The fraction of sp³-hybridized carbons (Fsp3) is 0.786. The average molecular weight is 293 g/mol. The molecule has 0 bridgehead atoms. The van der Waals surface area contributed by atoms with E-state index in [0.29, 0.717) is 6.10 Å². The second-order valence-electron chi connectivity index (χ2n) is 5.96. The fourth-order valence-corrected chi connectivity index (χ4v) is 3.22. The van der Waals surface area contributed by atoms with Crippen molar-refractivity contribution < 1.29 is 9.53 Å². The molecule has 21 heavy (non-hydrogen) atoms. The van der Waals surface area contributed by atoms with Crippen LogP contribution < -0.4 is 5.73 Å². The zero-order chi connectivity index (χ0) is 14.7. The summed E-state index contributed by atoms with van der Waals surface area (Å²) in [6.45, 7) is 3.93. The summed E-state index contributed by atoms with van der Waals surface area (Å²) in [5, 5.41) is 4.19. The Balaban J connectivity index is 1.58. The van der Waals surface area contributed by atoms with Crippen LogP contribution in [0.2, 0.25) is 0 Å². The summed E-state index contributed by atoms with van der Waals surface area (Å²) in [5.41, 5.74) is 5.20. The highest BCUT2D eigenvalue weighted by Gasteiger charge is 2.25. The minimum atomic E-state index is -0.572. The maximum atomic E-state index is 11.1. The van der Waals surface area contributed by atoms with Crippen molar-refractivity contribution in [2.75, 3.05) is 26.2 Å². The quantitative estimate of drug-likeness (QED) is 0.877. The Kier molecular flexibility index (Phi) is 4.50. The zero-order valence-electron chi connectivity index (χ0n) is 12.3. The van der Waals surface area contributed by atoms with Crippen LogP contribution >= 0.6 is 0 Å². The molecule has 0 aromatic carbocycles. The predicted molar refractivity (Wildman–Crippen MR) is 76.8 cm³/mol. The van der Waals surface area contributed by atoms with Crippen LogP contribution in [0.1, 0.15) is 48.8 Å². The second kappa shape index (κ2) is 6.53. The Morgan fingerprint density at radius 2 is 2.29 bits per heavy atom. The first kappa shape index (κ1) is 14.5. The number of hydrogen-bond acceptors (Lipinski definition) is 5. The maximum Gasteiger partial charge on any atom is 0.288 e. The van der Waals surface area contributed by atoms with Crippen LogP contribution in [-0.4, -0.2) is 57.9 Å². The molecule has 3 heterocycles. The number of rotatable bonds is 4. The van der Waals surface area contributed by atoms with E-state index in [4.69, 9.17) is 10.5 Å². The third-order valence-corrected chi connectivity index (χ3v) is 4.32. The molecule has 0 unspecified atom stereocenters. The smallest absolute Gasteiger partial charge is 0.288 e. The number of aromatic nitrogens is 3. The Bertz CT molecular complexity index is 483.